The van der Waals surface area contributed by atoms with Crippen LogP contribution in [0.25, 0.3) is 0 Å². The van der Waals surface area contributed by atoms with Gasteiger partial charge in [-0.2, -0.15) is 0 Å². The van der Waals surface area contributed by atoms with Crippen LogP contribution in [0.1, 0.15) is 44.2 Å². The molecule has 3 nitrogen and oxygen atoms in total. The Morgan fingerprint density at radius 2 is 2.12 bits per heavy atom. The molecule has 0 bridgehead atoms. The van der Waals surface area contributed by atoms with Crippen LogP contribution in [-0.2, 0) is 6.42 Å². The summed E-state index contributed by atoms with van der Waals surface area (Å²) in [5.41, 5.74) is 4.09. The molecule has 0 spiro atoms. The Morgan fingerprint density at radius 1 is 1.29 bits per heavy atom. The van der Waals surface area contributed by atoms with Gasteiger partial charge in [0.05, 0.1) is 0 Å². The molecule has 1 fully saturated rings. The third kappa shape index (κ3) is 4.10. The van der Waals surface area contributed by atoms with E-state index < -0.39 is 0 Å². The summed E-state index contributed by atoms with van der Waals surface area (Å²) < 4.78 is 0. The maximum Gasteiger partial charge on any atom is 0.0419 e. The maximum absolute atomic E-state index is 5.66. The van der Waals surface area contributed by atoms with E-state index in [1.165, 1.54) is 38.5 Å². The molecule has 1 aliphatic carbocycles. The van der Waals surface area contributed by atoms with Crippen molar-refractivity contribution in [1.82, 2.24) is 10.4 Å². The molecule has 1 saturated carbocycles. The van der Waals surface area contributed by atoms with Crippen molar-refractivity contribution in [3.8, 4) is 0 Å². The van der Waals surface area contributed by atoms with Crippen LogP contribution in [0, 0.1) is 5.92 Å². The monoisotopic (exact) mass is 233 g/mol. The van der Waals surface area contributed by atoms with Gasteiger partial charge in [0.25, 0.3) is 0 Å². The number of pyridine rings is 1. The van der Waals surface area contributed by atoms with Crippen LogP contribution in [0.3, 0.4) is 0 Å². The summed E-state index contributed by atoms with van der Waals surface area (Å²) in [5, 5.41) is 0. The van der Waals surface area contributed by atoms with Crippen molar-refractivity contribution in [2.45, 2.75) is 51.0 Å². The van der Waals surface area contributed by atoms with Gasteiger partial charge in [0.1, 0.15) is 0 Å². The highest BCUT2D eigenvalue weighted by molar-refractivity contribution is 5.05. The van der Waals surface area contributed by atoms with E-state index in [0.717, 1.165) is 18.0 Å². The van der Waals surface area contributed by atoms with Crippen LogP contribution in [0.5, 0.6) is 0 Å². The zero-order valence-corrected chi connectivity index (χ0v) is 10.4. The molecule has 1 aromatic rings. The van der Waals surface area contributed by atoms with Gasteiger partial charge in [-0.25, -0.2) is 0 Å². The number of nitrogens with one attached hydrogen (secondary N) is 1. The number of nitrogens with two attached hydrogens (primary N) is 1. The molecule has 1 heterocycles. The SMILES string of the molecule is NNC(Cc1ccccn1)CC1CCCCC1. The number of rotatable bonds is 5. The lowest BCUT2D eigenvalue weighted by Gasteiger charge is -2.26. The van der Waals surface area contributed by atoms with Gasteiger partial charge in [-0.1, -0.05) is 38.2 Å². The molecule has 3 heteroatoms. The van der Waals surface area contributed by atoms with Gasteiger partial charge < -0.3 is 0 Å². The summed E-state index contributed by atoms with van der Waals surface area (Å²) in [4.78, 5) is 4.36. The first-order chi connectivity index (χ1) is 8.38. The first-order valence-electron chi connectivity index (χ1n) is 6.74. The van der Waals surface area contributed by atoms with Crippen molar-refractivity contribution in [1.29, 1.82) is 0 Å². The van der Waals surface area contributed by atoms with Gasteiger partial charge in [0.15, 0.2) is 0 Å². The van der Waals surface area contributed by atoms with E-state index in [1.54, 1.807) is 0 Å². The fraction of sp³-hybridized carbons (Fsp3) is 0.643. The topological polar surface area (TPSA) is 50.9 Å². The van der Waals surface area contributed by atoms with Crippen molar-refractivity contribution in [2.75, 3.05) is 0 Å². The highest BCUT2D eigenvalue weighted by atomic mass is 15.2. The number of hydrogen-bond donors (Lipinski definition) is 2. The molecule has 0 aromatic carbocycles. The molecule has 0 radical (unpaired) electrons. The molecule has 0 saturated heterocycles. The lowest BCUT2D eigenvalue weighted by atomic mass is 9.84. The van der Waals surface area contributed by atoms with E-state index in [0.29, 0.717) is 6.04 Å². The standard InChI is InChI=1S/C14H23N3/c15-17-14(10-12-6-2-1-3-7-12)11-13-8-4-5-9-16-13/h4-5,8-9,12,14,17H,1-3,6-7,10-11,15H2. The largest absolute Gasteiger partial charge is 0.271 e. The van der Waals surface area contributed by atoms with Gasteiger partial charge in [0.2, 0.25) is 0 Å². The predicted octanol–water partition coefficient (Wildman–Crippen LogP) is 2.43. The normalized spacial score (nSPS) is 19.1. The van der Waals surface area contributed by atoms with Crippen LogP contribution in [0.15, 0.2) is 24.4 Å². The van der Waals surface area contributed by atoms with Crippen molar-refractivity contribution < 1.29 is 0 Å². The minimum atomic E-state index is 0.369. The van der Waals surface area contributed by atoms with E-state index in [9.17, 15) is 0 Å². The van der Waals surface area contributed by atoms with E-state index in [2.05, 4.69) is 16.5 Å². The minimum Gasteiger partial charge on any atom is -0.271 e. The Kier molecular flexibility index (Phi) is 4.95. The Morgan fingerprint density at radius 3 is 2.76 bits per heavy atom. The zero-order valence-electron chi connectivity index (χ0n) is 10.4. The summed E-state index contributed by atoms with van der Waals surface area (Å²) in [6, 6.07) is 6.44. The lowest BCUT2D eigenvalue weighted by Crippen LogP contribution is -2.38. The zero-order chi connectivity index (χ0) is 11.9. The van der Waals surface area contributed by atoms with Crippen LogP contribution in [0.4, 0.5) is 0 Å². The molecule has 1 unspecified atom stereocenters. The molecule has 17 heavy (non-hydrogen) atoms. The van der Waals surface area contributed by atoms with E-state index in [4.69, 9.17) is 5.84 Å². The first-order valence-corrected chi connectivity index (χ1v) is 6.74. The maximum atomic E-state index is 5.66. The lowest BCUT2D eigenvalue weighted by molar-refractivity contribution is 0.297. The Hall–Kier alpha value is -0.930. The molecule has 3 N–H and O–H groups in total. The van der Waals surface area contributed by atoms with Gasteiger partial charge in [-0.3, -0.25) is 16.3 Å². The number of aromatic nitrogens is 1. The summed E-state index contributed by atoms with van der Waals surface area (Å²) in [6.45, 7) is 0. The third-order valence-electron chi connectivity index (χ3n) is 3.76. The van der Waals surface area contributed by atoms with Crippen molar-refractivity contribution in [2.24, 2.45) is 11.8 Å². The summed E-state index contributed by atoms with van der Waals surface area (Å²) in [7, 11) is 0. The molecule has 94 valence electrons. The number of hydrazine groups is 1. The molecule has 0 aliphatic heterocycles. The first kappa shape index (κ1) is 12.5. The highest BCUT2D eigenvalue weighted by Gasteiger charge is 2.18. The smallest absolute Gasteiger partial charge is 0.0419 e. The molecule has 2 rings (SSSR count). The van der Waals surface area contributed by atoms with Crippen LogP contribution >= 0.6 is 0 Å². The van der Waals surface area contributed by atoms with Crippen LogP contribution < -0.4 is 11.3 Å². The fourth-order valence-corrected chi connectivity index (χ4v) is 2.81. The number of nitrogens with zero attached hydrogens (tertiary/aromatic N) is 1. The van der Waals surface area contributed by atoms with Gasteiger partial charge in [0, 0.05) is 24.4 Å². The van der Waals surface area contributed by atoms with Crippen molar-refractivity contribution >= 4 is 0 Å². The van der Waals surface area contributed by atoms with Crippen LogP contribution in [-0.4, -0.2) is 11.0 Å². The van der Waals surface area contributed by atoms with Gasteiger partial charge >= 0.3 is 0 Å². The molecule has 0 amide bonds. The molecule has 1 aromatic heterocycles. The van der Waals surface area contributed by atoms with E-state index in [1.807, 2.05) is 18.3 Å². The summed E-state index contributed by atoms with van der Waals surface area (Å²) in [5.74, 6) is 6.52. The average Bonchev–Trinajstić information content (AvgIpc) is 2.40. The van der Waals surface area contributed by atoms with E-state index in [-0.39, 0.29) is 0 Å². The minimum absolute atomic E-state index is 0.369. The second-order valence-electron chi connectivity index (χ2n) is 5.13. The predicted molar refractivity (Wildman–Crippen MR) is 70.2 cm³/mol. The van der Waals surface area contributed by atoms with Gasteiger partial charge in [-0.15, -0.1) is 0 Å². The summed E-state index contributed by atoms with van der Waals surface area (Å²) >= 11 is 0. The molecular weight excluding hydrogens is 210 g/mol. The summed E-state index contributed by atoms with van der Waals surface area (Å²) in [6.07, 6.45) is 10.9. The Bertz CT molecular complexity index is 307. The van der Waals surface area contributed by atoms with Crippen molar-refractivity contribution in [3.05, 3.63) is 30.1 Å². The van der Waals surface area contributed by atoms with Crippen molar-refractivity contribution in [3.63, 3.8) is 0 Å². The molecule has 1 aliphatic rings. The molecule has 1 atom stereocenters. The van der Waals surface area contributed by atoms with Gasteiger partial charge in [-0.05, 0) is 24.5 Å². The second kappa shape index (κ2) is 6.72. The second-order valence-corrected chi connectivity index (χ2v) is 5.13. The highest BCUT2D eigenvalue weighted by Crippen LogP contribution is 2.27. The average molecular weight is 233 g/mol. The number of hydrogen-bond acceptors (Lipinski definition) is 3. The Balaban J connectivity index is 1.83. The van der Waals surface area contributed by atoms with Crippen LogP contribution in [0.2, 0.25) is 0 Å². The third-order valence-corrected chi connectivity index (χ3v) is 3.76. The Labute approximate surface area is 104 Å². The fourth-order valence-electron chi connectivity index (χ4n) is 2.81. The quantitative estimate of drug-likeness (QED) is 0.606. The molecular formula is C14H23N3. The van der Waals surface area contributed by atoms with E-state index >= 15 is 0 Å².